The van der Waals surface area contributed by atoms with Gasteiger partial charge >= 0.3 is 18.3 Å². The number of carboxylic acid groups (broad SMARTS) is 1. The highest BCUT2D eigenvalue weighted by atomic mass is 19.4. The van der Waals surface area contributed by atoms with Gasteiger partial charge in [-0.2, -0.15) is 31.6 Å². The molecule has 1 unspecified atom stereocenters. The van der Waals surface area contributed by atoms with E-state index in [2.05, 4.69) is 0 Å². The Hall–Kier alpha value is -4.46. The molecule has 0 saturated heterocycles. The minimum Gasteiger partial charge on any atom is -0.488 e. The first-order chi connectivity index (χ1) is 18.4. The second-order valence-electron chi connectivity index (χ2n) is 8.89. The number of alkyl halides is 6. The van der Waals surface area contributed by atoms with Crippen molar-refractivity contribution < 1.29 is 41.0 Å². The van der Waals surface area contributed by atoms with Crippen molar-refractivity contribution in [3.8, 4) is 11.8 Å². The molecule has 0 bridgehead atoms. The van der Waals surface area contributed by atoms with Crippen LogP contribution in [0.15, 0.2) is 83.6 Å². The normalized spacial score (nSPS) is 16.4. The number of nitrogens with zero attached hydrogens (tertiary/aromatic N) is 2. The van der Waals surface area contributed by atoms with Crippen molar-refractivity contribution in [1.82, 2.24) is 4.57 Å². The number of ether oxygens (including phenoxy) is 1. The van der Waals surface area contributed by atoms with Crippen LogP contribution >= 0.6 is 0 Å². The average Bonchev–Trinajstić information content (AvgIpc) is 3.22. The van der Waals surface area contributed by atoms with Gasteiger partial charge < -0.3 is 14.4 Å². The van der Waals surface area contributed by atoms with Gasteiger partial charge in [-0.25, -0.2) is 4.79 Å². The Morgan fingerprint density at radius 1 is 1.10 bits per heavy atom. The molecule has 5 nitrogen and oxygen atoms in total. The third kappa shape index (κ3) is 6.34. The summed E-state index contributed by atoms with van der Waals surface area (Å²) in [6.07, 6.45) is -7.14. The second kappa shape index (κ2) is 10.7. The summed E-state index contributed by atoms with van der Waals surface area (Å²) >= 11 is 0. The summed E-state index contributed by atoms with van der Waals surface area (Å²) in [5.41, 5.74) is -0.694. The highest BCUT2D eigenvalue weighted by Crippen LogP contribution is 2.41. The first kappa shape index (κ1) is 27.6. The van der Waals surface area contributed by atoms with E-state index in [9.17, 15) is 41.5 Å². The third-order valence-electron chi connectivity index (χ3n) is 6.13. The van der Waals surface area contributed by atoms with Crippen molar-refractivity contribution in [2.45, 2.75) is 31.9 Å². The summed E-state index contributed by atoms with van der Waals surface area (Å²) in [6.45, 7) is -0.197. The molecule has 1 N–H and O–H groups in total. The number of hydrogen-bond donors (Lipinski definition) is 1. The van der Waals surface area contributed by atoms with E-state index in [4.69, 9.17) is 4.74 Å². The number of hydrogen-bond acceptors (Lipinski definition) is 3. The number of aliphatic carboxylic acids is 1. The van der Waals surface area contributed by atoms with Crippen LogP contribution in [0.1, 0.15) is 17.5 Å². The first-order valence-electron chi connectivity index (χ1n) is 11.6. The van der Waals surface area contributed by atoms with E-state index in [0.717, 1.165) is 11.6 Å². The Labute approximate surface area is 218 Å². The molecule has 1 heterocycles. The molecule has 2 aromatic carbocycles. The molecule has 0 amide bonds. The van der Waals surface area contributed by atoms with Gasteiger partial charge in [0.05, 0.1) is 17.0 Å². The maximum Gasteiger partial charge on any atom is 0.416 e. The molecule has 3 aromatic rings. The highest BCUT2D eigenvalue weighted by Gasteiger charge is 2.44. The van der Waals surface area contributed by atoms with E-state index < -0.39 is 41.8 Å². The molecule has 1 atom stereocenters. The van der Waals surface area contributed by atoms with Gasteiger partial charge in [-0.05, 0) is 41.8 Å². The van der Waals surface area contributed by atoms with Crippen molar-refractivity contribution in [1.29, 1.82) is 5.26 Å². The summed E-state index contributed by atoms with van der Waals surface area (Å²) in [6, 6.07) is 15.4. The molecule has 39 heavy (non-hydrogen) atoms. The van der Waals surface area contributed by atoms with E-state index in [0.29, 0.717) is 22.7 Å². The van der Waals surface area contributed by atoms with Gasteiger partial charge in [-0.15, -0.1) is 0 Å². The Morgan fingerprint density at radius 3 is 2.44 bits per heavy atom. The van der Waals surface area contributed by atoms with Gasteiger partial charge in [-0.1, -0.05) is 42.5 Å². The third-order valence-corrected chi connectivity index (χ3v) is 6.13. The van der Waals surface area contributed by atoms with Crippen LogP contribution in [0.25, 0.3) is 17.0 Å². The Kier molecular flexibility index (Phi) is 7.58. The lowest BCUT2D eigenvalue weighted by Gasteiger charge is -2.25. The molecule has 0 spiro atoms. The zero-order valence-electron chi connectivity index (χ0n) is 20.1. The zero-order chi connectivity index (χ0) is 28.4. The van der Waals surface area contributed by atoms with Gasteiger partial charge in [0.25, 0.3) is 0 Å². The molecule has 0 radical (unpaired) electrons. The summed E-state index contributed by atoms with van der Waals surface area (Å²) < 4.78 is 88.0. The molecular formula is C28H20F6N2O3. The number of allylic oxidation sites excluding steroid dienone is 4. The topological polar surface area (TPSA) is 75.2 Å². The van der Waals surface area contributed by atoms with E-state index >= 15 is 0 Å². The van der Waals surface area contributed by atoms with E-state index in [1.807, 2.05) is 30.3 Å². The lowest BCUT2D eigenvalue weighted by atomic mass is 9.89. The minimum absolute atomic E-state index is 0.117. The van der Waals surface area contributed by atoms with Crippen LogP contribution in [0.5, 0.6) is 5.75 Å². The van der Waals surface area contributed by atoms with E-state index in [-0.39, 0.29) is 30.4 Å². The van der Waals surface area contributed by atoms with Gasteiger partial charge in [0.2, 0.25) is 0 Å². The van der Waals surface area contributed by atoms with Crippen LogP contribution in [-0.4, -0.2) is 28.0 Å². The fourth-order valence-corrected chi connectivity index (χ4v) is 4.34. The molecule has 1 aliphatic rings. The lowest BCUT2D eigenvalue weighted by molar-refractivity contribution is -0.162. The maximum atomic E-state index is 13.5. The van der Waals surface area contributed by atoms with Crippen LogP contribution < -0.4 is 4.74 Å². The molecule has 11 heteroatoms. The number of carboxylic acids is 1. The van der Waals surface area contributed by atoms with Crippen molar-refractivity contribution in [3.63, 3.8) is 0 Å². The molecule has 4 rings (SSSR count). The van der Waals surface area contributed by atoms with E-state index in [1.165, 1.54) is 10.8 Å². The molecule has 202 valence electrons. The fourth-order valence-electron chi connectivity index (χ4n) is 4.34. The minimum atomic E-state index is -4.97. The standard InChI is InChI=1S/C28H20F6N2O3/c29-27(30,31)21-9-18(10-22(12-21)28(32,33)34)14-36-15-20(11-19(13-35)26(37)38)25-23(36)7-4-8-24(25)39-16-17-5-2-1-3-6-17/h1-9,11-12,15,22H,10,14,16H2,(H,37,38)/b19-11+. The summed E-state index contributed by atoms with van der Waals surface area (Å²) in [5.74, 6) is -3.51. The van der Waals surface area contributed by atoms with Crippen LogP contribution in [0.2, 0.25) is 0 Å². The molecule has 0 aliphatic heterocycles. The number of rotatable bonds is 7. The van der Waals surface area contributed by atoms with E-state index in [1.54, 1.807) is 24.3 Å². The molecule has 0 fully saturated rings. The summed E-state index contributed by atoms with van der Waals surface area (Å²) in [5, 5.41) is 19.0. The largest absolute Gasteiger partial charge is 0.488 e. The van der Waals surface area contributed by atoms with Gasteiger partial charge in [0, 0.05) is 23.7 Å². The lowest BCUT2D eigenvalue weighted by Crippen LogP contribution is -2.27. The molecule has 1 aliphatic carbocycles. The summed E-state index contributed by atoms with van der Waals surface area (Å²) in [7, 11) is 0. The van der Waals surface area contributed by atoms with Crippen molar-refractivity contribution in [2.24, 2.45) is 5.92 Å². The number of fused-ring (bicyclic) bond motifs is 1. The maximum absolute atomic E-state index is 13.5. The monoisotopic (exact) mass is 546 g/mol. The van der Waals surface area contributed by atoms with Crippen LogP contribution in [0.4, 0.5) is 26.3 Å². The first-order valence-corrected chi connectivity index (χ1v) is 11.6. The SMILES string of the molecule is N#C/C(=C\c1cn(CC2=CC(C(F)(F)F)=CC(C(F)(F)F)C2)c2cccc(OCc3ccccc3)c12)C(=O)O. The number of nitriles is 1. The highest BCUT2D eigenvalue weighted by molar-refractivity contribution is 6.02. The predicted octanol–water partition coefficient (Wildman–Crippen LogP) is 7.21. The van der Waals surface area contributed by atoms with Crippen LogP contribution in [-0.2, 0) is 17.9 Å². The van der Waals surface area contributed by atoms with Gasteiger partial charge in [-0.3, -0.25) is 0 Å². The quantitative estimate of drug-likeness (QED) is 0.193. The average molecular weight is 546 g/mol. The van der Waals surface area contributed by atoms with Crippen LogP contribution in [0, 0.1) is 17.2 Å². The molecule has 0 saturated carbocycles. The second-order valence-corrected chi connectivity index (χ2v) is 8.89. The van der Waals surface area contributed by atoms with Crippen LogP contribution in [0.3, 0.4) is 0 Å². The fraction of sp³-hybridized carbons (Fsp3) is 0.214. The van der Waals surface area contributed by atoms with Gasteiger partial charge in [0.1, 0.15) is 24.0 Å². The predicted molar refractivity (Wildman–Crippen MR) is 130 cm³/mol. The molecule has 1 aromatic heterocycles. The number of carbonyl (C=O) groups is 1. The van der Waals surface area contributed by atoms with Gasteiger partial charge in [0.15, 0.2) is 0 Å². The smallest absolute Gasteiger partial charge is 0.416 e. The summed E-state index contributed by atoms with van der Waals surface area (Å²) in [4.78, 5) is 11.5. The molecular weight excluding hydrogens is 526 g/mol. The van der Waals surface area contributed by atoms with Crippen molar-refractivity contribution >= 4 is 22.9 Å². The zero-order valence-corrected chi connectivity index (χ0v) is 20.1. The number of halogens is 6. The number of aromatic nitrogens is 1. The Bertz CT molecular complexity index is 1520. The Balaban J connectivity index is 1.80. The Morgan fingerprint density at radius 2 is 1.82 bits per heavy atom. The van der Waals surface area contributed by atoms with Crippen molar-refractivity contribution in [3.05, 3.63) is 94.7 Å². The number of benzene rings is 2. The van der Waals surface area contributed by atoms with Crippen molar-refractivity contribution in [2.75, 3.05) is 0 Å².